The number of ether oxygens (including phenoxy) is 1. The molecule has 3 nitrogen and oxygen atoms in total. The molecular weight excluding hydrogens is 204 g/mol. The molecule has 0 aromatic carbocycles. The van der Waals surface area contributed by atoms with Gasteiger partial charge in [0.15, 0.2) is 0 Å². The zero-order chi connectivity index (χ0) is 12.5. The molecule has 0 aliphatic heterocycles. The Balaban J connectivity index is 2.48. The van der Waals surface area contributed by atoms with E-state index in [9.17, 15) is 9.59 Å². The average Bonchev–Trinajstić information content (AvgIpc) is 2.09. The summed E-state index contributed by atoms with van der Waals surface area (Å²) < 4.78 is 5.12. The number of esters is 1. The Bertz CT molecular complexity index is 292. The van der Waals surface area contributed by atoms with Gasteiger partial charge < -0.3 is 4.74 Å². The van der Waals surface area contributed by atoms with Crippen molar-refractivity contribution in [2.24, 2.45) is 17.3 Å². The Morgan fingerprint density at radius 1 is 1.38 bits per heavy atom. The SMILES string of the molecule is CC(=O)[C@H]1C[C@@H](CC(=O)OC(C)C)C1(C)C. The van der Waals surface area contributed by atoms with Crippen LogP contribution in [0.4, 0.5) is 0 Å². The molecule has 92 valence electrons. The van der Waals surface area contributed by atoms with Gasteiger partial charge in [0.25, 0.3) is 0 Å². The van der Waals surface area contributed by atoms with Crippen LogP contribution in [0.25, 0.3) is 0 Å². The molecule has 0 unspecified atom stereocenters. The van der Waals surface area contributed by atoms with E-state index in [0.29, 0.717) is 6.42 Å². The highest BCUT2D eigenvalue weighted by Crippen LogP contribution is 2.53. The zero-order valence-electron chi connectivity index (χ0n) is 10.9. The Morgan fingerprint density at radius 2 is 1.94 bits per heavy atom. The minimum Gasteiger partial charge on any atom is -0.463 e. The van der Waals surface area contributed by atoms with Crippen LogP contribution in [-0.2, 0) is 14.3 Å². The molecule has 0 spiro atoms. The van der Waals surface area contributed by atoms with Crippen molar-refractivity contribution in [3.05, 3.63) is 0 Å². The van der Waals surface area contributed by atoms with Gasteiger partial charge in [-0.25, -0.2) is 0 Å². The topological polar surface area (TPSA) is 43.4 Å². The fourth-order valence-electron chi connectivity index (χ4n) is 2.56. The van der Waals surface area contributed by atoms with Gasteiger partial charge in [-0.05, 0) is 38.5 Å². The standard InChI is InChI=1S/C13H22O3/c1-8(2)16-12(15)7-10-6-11(9(3)14)13(10,4)5/h8,10-11H,6-7H2,1-5H3/t10-,11+/m0/s1. The van der Waals surface area contributed by atoms with Crippen molar-refractivity contribution < 1.29 is 14.3 Å². The van der Waals surface area contributed by atoms with E-state index in [4.69, 9.17) is 4.74 Å². The smallest absolute Gasteiger partial charge is 0.306 e. The number of rotatable bonds is 4. The molecule has 2 atom stereocenters. The van der Waals surface area contributed by atoms with Gasteiger partial charge in [-0.2, -0.15) is 0 Å². The number of carbonyl (C=O) groups is 2. The van der Waals surface area contributed by atoms with Crippen molar-refractivity contribution in [2.75, 3.05) is 0 Å². The predicted molar refractivity (Wildman–Crippen MR) is 61.9 cm³/mol. The van der Waals surface area contributed by atoms with Crippen molar-refractivity contribution in [3.8, 4) is 0 Å². The first kappa shape index (κ1) is 13.2. The molecule has 1 saturated carbocycles. The first-order valence-electron chi connectivity index (χ1n) is 5.95. The van der Waals surface area contributed by atoms with Crippen LogP contribution < -0.4 is 0 Å². The molecule has 0 aromatic rings. The van der Waals surface area contributed by atoms with Gasteiger partial charge in [0.1, 0.15) is 5.78 Å². The molecule has 0 radical (unpaired) electrons. The van der Waals surface area contributed by atoms with Crippen molar-refractivity contribution >= 4 is 11.8 Å². The van der Waals surface area contributed by atoms with E-state index in [2.05, 4.69) is 13.8 Å². The van der Waals surface area contributed by atoms with E-state index in [0.717, 1.165) is 6.42 Å². The first-order chi connectivity index (χ1) is 7.25. The van der Waals surface area contributed by atoms with Crippen LogP contribution >= 0.6 is 0 Å². The van der Waals surface area contributed by atoms with Crippen LogP contribution in [0.1, 0.15) is 47.5 Å². The fraction of sp³-hybridized carbons (Fsp3) is 0.846. The first-order valence-corrected chi connectivity index (χ1v) is 5.95. The molecule has 0 heterocycles. The molecule has 0 aromatic heterocycles. The van der Waals surface area contributed by atoms with Crippen LogP contribution in [-0.4, -0.2) is 17.9 Å². The maximum absolute atomic E-state index is 11.5. The third kappa shape index (κ3) is 2.63. The van der Waals surface area contributed by atoms with Crippen molar-refractivity contribution in [3.63, 3.8) is 0 Å². The molecule has 0 saturated heterocycles. The largest absolute Gasteiger partial charge is 0.463 e. The molecular formula is C13H22O3. The molecule has 0 bridgehead atoms. The third-order valence-electron chi connectivity index (χ3n) is 3.74. The van der Waals surface area contributed by atoms with Crippen molar-refractivity contribution in [1.82, 2.24) is 0 Å². The van der Waals surface area contributed by atoms with Gasteiger partial charge in [-0.1, -0.05) is 13.8 Å². The van der Waals surface area contributed by atoms with Gasteiger partial charge in [0, 0.05) is 12.3 Å². The summed E-state index contributed by atoms with van der Waals surface area (Å²) in [4.78, 5) is 22.8. The number of carbonyl (C=O) groups excluding carboxylic acids is 2. The second-order valence-electron chi connectivity index (χ2n) is 5.66. The van der Waals surface area contributed by atoms with Gasteiger partial charge in [0.05, 0.1) is 6.10 Å². The summed E-state index contributed by atoms with van der Waals surface area (Å²) in [6.45, 7) is 9.46. The van der Waals surface area contributed by atoms with E-state index in [1.54, 1.807) is 6.92 Å². The quantitative estimate of drug-likeness (QED) is 0.692. The van der Waals surface area contributed by atoms with Gasteiger partial charge in [-0.15, -0.1) is 0 Å². The maximum Gasteiger partial charge on any atom is 0.306 e. The summed E-state index contributed by atoms with van der Waals surface area (Å²) >= 11 is 0. The van der Waals surface area contributed by atoms with Crippen LogP contribution in [0.2, 0.25) is 0 Å². The Morgan fingerprint density at radius 3 is 2.31 bits per heavy atom. The van der Waals surface area contributed by atoms with E-state index in [-0.39, 0.29) is 35.1 Å². The highest BCUT2D eigenvalue weighted by Gasteiger charge is 2.50. The molecule has 1 aliphatic rings. The summed E-state index contributed by atoms with van der Waals surface area (Å²) in [5.41, 5.74) is -0.0537. The average molecular weight is 226 g/mol. The normalized spacial score (nSPS) is 27.4. The summed E-state index contributed by atoms with van der Waals surface area (Å²) in [5, 5.41) is 0. The predicted octanol–water partition coefficient (Wildman–Crippen LogP) is 2.58. The van der Waals surface area contributed by atoms with Gasteiger partial charge in [0.2, 0.25) is 0 Å². The lowest BCUT2D eigenvalue weighted by Crippen LogP contribution is -2.49. The van der Waals surface area contributed by atoms with Crippen LogP contribution in [0, 0.1) is 17.3 Å². The highest BCUT2D eigenvalue weighted by atomic mass is 16.5. The molecule has 16 heavy (non-hydrogen) atoms. The van der Waals surface area contributed by atoms with Crippen LogP contribution in [0.3, 0.4) is 0 Å². The molecule has 1 rings (SSSR count). The number of hydrogen-bond donors (Lipinski definition) is 0. The molecule has 1 fully saturated rings. The number of ketones is 1. The highest BCUT2D eigenvalue weighted by molar-refractivity contribution is 5.81. The van der Waals surface area contributed by atoms with Crippen LogP contribution in [0.15, 0.2) is 0 Å². The third-order valence-corrected chi connectivity index (χ3v) is 3.74. The minimum absolute atomic E-state index is 0.0537. The van der Waals surface area contributed by atoms with Gasteiger partial charge in [-0.3, -0.25) is 9.59 Å². The van der Waals surface area contributed by atoms with E-state index >= 15 is 0 Å². The molecule has 0 N–H and O–H groups in total. The van der Waals surface area contributed by atoms with Crippen molar-refractivity contribution in [2.45, 2.75) is 53.6 Å². The zero-order valence-corrected chi connectivity index (χ0v) is 10.9. The second kappa shape index (κ2) is 4.56. The lowest BCUT2D eigenvalue weighted by molar-refractivity contribution is -0.156. The maximum atomic E-state index is 11.5. The molecule has 1 aliphatic carbocycles. The fourth-order valence-corrected chi connectivity index (χ4v) is 2.56. The monoisotopic (exact) mass is 226 g/mol. The second-order valence-corrected chi connectivity index (χ2v) is 5.66. The Kier molecular flexibility index (Phi) is 3.76. The lowest BCUT2D eigenvalue weighted by atomic mass is 9.53. The van der Waals surface area contributed by atoms with E-state index in [1.165, 1.54) is 0 Å². The van der Waals surface area contributed by atoms with Gasteiger partial charge >= 0.3 is 5.97 Å². The number of Topliss-reactive ketones (excluding diaryl/α,β-unsaturated/α-hetero) is 1. The van der Waals surface area contributed by atoms with E-state index < -0.39 is 0 Å². The molecule has 0 amide bonds. The number of hydrogen-bond acceptors (Lipinski definition) is 3. The Hall–Kier alpha value is -0.860. The summed E-state index contributed by atoms with van der Waals surface area (Å²) in [7, 11) is 0. The lowest BCUT2D eigenvalue weighted by Gasteiger charge is -2.50. The summed E-state index contributed by atoms with van der Waals surface area (Å²) in [6.07, 6.45) is 1.21. The summed E-state index contributed by atoms with van der Waals surface area (Å²) in [6, 6.07) is 0. The van der Waals surface area contributed by atoms with E-state index in [1.807, 2.05) is 13.8 Å². The molecule has 3 heteroatoms. The summed E-state index contributed by atoms with van der Waals surface area (Å²) in [5.74, 6) is 0.491. The minimum atomic E-state index is -0.143. The van der Waals surface area contributed by atoms with Crippen LogP contribution in [0.5, 0.6) is 0 Å². The van der Waals surface area contributed by atoms with Crippen molar-refractivity contribution in [1.29, 1.82) is 0 Å². The Labute approximate surface area is 97.5 Å².